The second kappa shape index (κ2) is 8.33. The molecule has 0 saturated heterocycles. The van der Waals surface area contributed by atoms with E-state index in [0.29, 0.717) is 5.56 Å². The van der Waals surface area contributed by atoms with E-state index in [4.69, 9.17) is 16.3 Å². The number of hydrogen-bond donors (Lipinski definition) is 2. The molecule has 0 atom stereocenters. The number of carbonyl (C=O) groups is 1. The minimum absolute atomic E-state index is 0.0251. The number of nitrogens with one attached hydrogen (secondary N) is 2. The molecule has 2 rings (SSSR count). The molecular formula is C16H16ClN3O6S. The lowest BCUT2D eigenvalue weighted by Gasteiger charge is -2.11. The minimum Gasteiger partial charge on any atom is -0.477 e. The molecule has 0 unspecified atom stereocenters. The van der Waals surface area contributed by atoms with Gasteiger partial charge in [-0.05, 0) is 43.8 Å². The summed E-state index contributed by atoms with van der Waals surface area (Å²) in [4.78, 5) is 22.4. The van der Waals surface area contributed by atoms with Crippen molar-refractivity contribution in [3.63, 3.8) is 0 Å². The van der Waals surface area contributed by atoms with Crippen molar-refractivity contribution in [3.05, 3.63) is 57.1 Å². The van der Waals surface area contributed by atoms with Crippen molar-refractivity contribution >= 4 is 38.9 Å². The SMILES string of the molecule is CNS(=O)(=O)c1cc(NC(=O)COc2ccc(Cl)cc2[N+](=O)[O-])ccc1C. The zero-order valence-electron chi connectivity index (χ0n) is 14.4. The van der Waals surface area contributed by atoms with Crippen molar-refractivity contribution in [2.45, 2.75) is 11.8 Å². The summed E-state index contributed by atoms with van der Waals surface area (Å²) in [6.07, 6.45) is 0. The molecule has 2 N–H and O–H groups in total. The molecular weight excluding hydrogens is 398 g/mol. The van der Waals surface area contributed by atoms with Crippen LogP contribution in [0.25, 0.3) is 0 Å². The van der Waals surface area contributed by atoms with E-state index in [1.165, 1.54) is 31.3 Å². The zero-order valence-corrected chi connectivity index (χ0v) is 15.9. The average molecular weight is 414 g/mol. The normalized spacial score (nSPS) is 11.1. The highest BCUT2D eigenvalue weighted by Crippen LogP contribution is 2.29. The van der Waals surface area contributed by atoms with Gasteiger partial charge in [0, 0.05) is 16.8 Å². The first-order valence-corrected chi connectivity index (χ1v) is 9.41. The van der Waals surface area contributed by atoms with Gasteiger partial charge in [-0.25, -0.2) is 13.1 Å². The van der Waals surface area contributed by atoms with Gasteiger partial charge in [0.1, 0.15) is 0 Å². The van der Waals surface area contributed by atoms with E-state index in [9.17, 15) is 23.3 Å². The van der Waals surface area contributed by atoms with Crippen molar-refractivity contribution in [1.29, 1.82) is 0 Å². The van der Waals surface area contributed by atoms with Crippen LogP contribution in [0.15, 0.2) is 41.3 Å². The van der Waals surface area contributed by atoms with Gasteiger partial charge in [-0.15, -0.1) is 0 Å². The Bertz CT molecular complexity index is 994. The molecule has 0 aliphatic carbocycles. The smallest absolute Gasteiger partial charge is 0.312 e. The molecule has 2 aromatic rings. The molecule has 0 fully saturated rings. The Morgan fingerprint density at radius 2 is 1.96 bits per heavy atom. The number of aryl methyl sites for hydroxylation is 1. The van der Waals surface area contributed by atoms with Gasteiger partial charge in [-0.3, -0.25) is 14.9 Å². The molecule has 0 radical (unpaired) electrons. The Balaban J connectivity index is 2.11. The number of rotatable bonds is 7. The van der Waals surface area contributed by atoms with E-state index < -0.39 is 27.5 Å². The summed E-state index contributed by atoms with van der Waals surface area (Å²) >= 11 is 5.71. The van der Waals surface area contributed by atoms with Gasteiger partial charge in [0.25, 0.3) is 5.91 Å². The summed E-state index contributed by atoms with van der Waals surface area (Å²) in [5, 5.41) is 13.7. The molecule has 0 spiro atoms. The monoisotopic (exact) mass is 413 g/mol. The number of hydrogen-bond acceptors (Lipinski definition) is 6. The number of halogens is 1. The van der Waals surface area contributed by atoms with Crippen LogP contribution < -0.4 is 14.8 Å². The Morgan fingerprint density at radius 3 is 2.59 bits per heavy atom. The van der Waals surface area contributed by atoms with Gasteiger partial charge in [0.2, 0.25) is 10.0 Å². The maximum atomic E-state index is 12.1. The number of carbonyl (C=O) groups excluding carboxylic acids is 1. The first-order chi connectivity index (χ1) is 12.6. The third kappa shape index (κ3) is 5.16. The van der Waals surface area contributed by atoms with Gasteiger partial charge in [-0.2, -0.15) is 0 Å². The van der Waals surface area contributed by atoms with Crippen molar-refractivity contribution in [3.8, 4) is 5.75 Å². The summed E-state index contributed by atoms with van der Waals surface area (Å²) in [6.45, 7) is 1.11. The largest absolute Gasteiger partial charge is 0.477 e. The van der Waals surface area contributed by atoms with Crippen LogP contribution in [0.4, 0.5) is 11.4 Å². The minimum atomic E-state index is -3.68. The number of amides is 1. The lowest BCUT2D eigenvalue weighted by molar-refractivity contribution is -0.385. The number of nitro benzene ring substituents is 1. The summed E-state index contributed by atoms with van der Waals surface area (Å²) in [7, 11) is -2.40. The highest BCUT2D eigenvalue weighted by Gasteiger charge is 2.18. The Kier molecular flexibility index (Phi) is 6.37. The van der Waals surface area contributed by atoms with E-state index in [0.717, 1.165) is 6.07 Å². The molecule has 0 aromatic heterocycles. The third-order valence-corrected chi connectivity index (χ3v) is 5.30. The fourth-order valence-corrected chi connectivity index (χ4v) is 3.33. The fourth-order valence-electron chi connectivity index (χ4n) is 2.17. The second-order valence-electron chi connectivity index (χ2n) is 5.39. The number of ether oxygens (including phenoxy) is 1. The third-order valence-electron chi connectivity index (χ3n) is 3.51. The van der Waals surface area contributed by atoms with Crippen LogP contribution in [-0.4, -0.2) is 32.9 Å². The van der Waals surface area contributed by atoms with E-state index in [1.54, 1.807) is 13.0 Å². The van der Waals surface area contributed by atoms with Gasteiger partial charge < -0.3 is 10.1 Å². The first-order valence-electron chi connectivity index (χ1n) is 7.55. The number of anilines is 1. The van der Waals surface area contributed by atoms with Crippen LogP contribution in [0.2, 0.25) is 5.02 Å². The van der Waals surface area contributed by atoms with Crippen LogP contribution in [0, 0.1) is 17.0 Å². The maximum Gasteiger partial charge on any atom is 0.312 e. The molecule has 0 aliphatic rings. The molecule has 0 saturated carbocycles. The van der Waals surface area contributed by atoms with E-state index in [1.807, 2.05) is 0 Å². The predicted molar refractivity (Wildman–Crippen MR) is 99.7 cm³/mol. The average Bonchev–Trinajstić information content (AvgIpc) is 2.62. The van der Waals surface area contributed by atoms with Gasteiger partial charge in [0.05, 0.1) is 9.82 Å². The zero-order chi connectivity index (χ0) is 20.2. The number of nitrogens with zero attached hydrogens (tertiary/aromatic N) is 1. The van der Waals surface area contributed by atoms with Crippen molar-refractivity contribution < 1.29 is 22.9 Å². The predicted octanol–water partition coefficient (Wildman–Crippen LogP) is 2.48. The van der Waals surface area contributed by atoms with Crippen LogP contribution in [0.5, 0.6) is 5.75 Å². The summed E-state index contributed by atoms with van der Waals surface area (Å²) in [6, 6.07) is 8.19. The molecule has 9 nitrogen and oxygen atoms in total. The Morgan fingerprint density at radius 1 is 1.26 bits per heavy atom. The van der Waals surface area contributed by atoms with Gasteiger partial charge >= 0.3 is 5.69 Å². The molecule has 0 heterocycles. The van der Waals surface area contributed by atoms with E-state index in [2.05, 4.69) is 10.0 Å². The Labute approximate surface area is 160 Å². The lowest BCUT2D eigenvalue weighted by Crippen LogP contribution is -2.22. The molecule has 0 bridgehead atoms. The number of sulfonamides is 1. The second-order valence-corrected chi connectivity index (χ2v) is 7.69. The number of nitro groups is 1. The summed E-state index contributed by atoms with van der Waals surface area (Å²) < 4.78 is 31.3. The first kappa shape index (κ1) is 20.6. The molecule has 144 valence electrons. The van der Waals surface area contributed by atoms with Gasteiger partial charge in [0.15, 0.2) is 12.4 Å². The highest BCUT2D eigenvalue weighted by atomic mass is 35.5. The van der Waals surface area contributed by atoms with Crippen LogP contribution in [0.3, 0.4) is 0 Å². The van der Waals surface area contributed by atoms with Crippen molar-refractivity contribution in [2.24, 2.45) is 0 Å². The van der Waals surface area contributed by atoms with Crippen LogP contribution in [0.1, 0.15) is 5.56 Å². The summed E-state index contributed by atoms with van der Waals surface area (Å²) in [5.41, 5.74) is 0.386. The van der Waals surface area contributed by atoms with Crippen molar-refractivity contribution in [1.82, 2.24) is 4.72 Å². The Hall–Kier alpha value is -2.69. The maximum absolute atomic E-state index is 12.1. The van der Waals surface area contributed by atoms with E-state index in [-0.39, 0.29) is 27.0 Å². The van der Waals surface area contributed by atoms with Crippen LogP contribution in [-0.2, 0) is 14.8 Å². The highest BCUT2D eigenvalue weighted by molar-refractivity contribution is 7.89. The van der Waals surface area contributed by atoms with E-state index >= 15 is 0 Å². The quantitative estimate of drug-likeness (QED) is 0.530. The van der Waals surface area contributed by atoms with Crippen LogP contribution >= 0.6 is 11.6 Å². The topological polar surface area (TPSA) is 128 Å². The molecule has 27 heavy (non-hydrogen) atoms. The standard InChI is InChI=1S/C16H16ClN3O6S/c1-10-3-5-12(8-15(10)27(24,25)18-2)19-16(21)9-26-14-6-4-11(17)7-13(14)20(22)23/h3-8,18H,9H2,1-2H3,(H,19,21). The van der Waals surface area contributed by atoms with Gasteiger partial charge in [-0.1, -0.05) is 17.7 Å². The van der Waals surface area contributed by atoms with Crippen molar-refractivity contribution in [2.75, 3.05) is 19.0 Å². The lowest BCUT2D eigenvalue weighted by atomic mass is 10.2. The number of benzene rings is 2. The fraction of sp³-hybridized carbons (Fsp3) is 0.188. The molecule has 11 heteroatoms. The molecule has 1 amide bonds. The molecule has 2 aromatic carbocycles. The molecule has 0 aliphatic heterocycles. The summed E-state index contributed by atoms with van der Waals surface area (Å²) in [5.74, 6) is -0.724.